The SMILES string of the molecule is COc1ccc2cc1Oc1cc3c(cc1OC)CCN(C)C3Cc1ccc(cc1)Oc1c(O)c(OC)cc3c1[C@@H](C2)N(C)CC3. The van der Waals surface area contributed by atoms with Crippen molar-refractivity contribution in [1.82, 2.24) is 9.80 Å². The van der Waals surface area contributed by atoms with Crippen molar-refractivity contribution in [3.8, 4) is 46.0 Å². The molecule has 8 nitrogen and oxygen atoms in total. The molecule has 45 heavy (non-hydrogen) atoms. The van der Waals surface area contributed by atoms with Gasteiger partial charge in [-0.2, -0.15) is 0 Å². The van der Waals surface area contributed by atoms with E-state index in [9.17, 15) is 5.11 Å². The number of hydrogen-bond acceptors (Lipinski definition) is 8. The molecule has 1 N–H and O–H groups in total. The highest BCUT2D eigenvalue weighted by Crippen LogP contribution is 2.50. The van der Waals surface area contributed by atoms with Crippen molar-refractivity contribution in [3.63, 3.8) is 0 Å². The third-order valence-corrected chi connectivity index (χ3v) is 9.66. The smallest absolute Gasteiger partial charge is 0.201 e. The summed E-state index contributed by atoms with van der Waals surface area (Å²) in [6.45, 7) is 1.81. The lowest BCUT2D eigenvalue weighted by Gasteiger charge is -2.36. The van der Waals surface area contributed by atoms with Gasteiger partial charge in [0.15, 0.2) is 34.5 Å². The van der Waals surface area contributed by atoms with Crippen molar-refractivity contribution < 1.29 is 28.8 Å². The van der Waals surface area contributed by atoms with Crippen LogP contribution in [0.1, 0.15) is 45.5 Å². The fourth-order valence-corrected chi connectivity index (χ4v) is 7.10. The van der Waals surface area contributed by atoms with Crippen LogP contribution >= 0.6 is 0 Å². The van der Waals surface area contributed by atoms with Gasteiger partial charge in [-0.25, -0.2) is 0 Å². The maximum Gasteiger partial charge on any atom is 0.201 e. The van der Waals surface area contributed by atoms with Gasteiger partial charge < -0.3 is 28.8 Å². The quantitative estimate of drug-likeness (QED) is 0.271. The Hall–Kier alpha value is -4.40. The summed E-state index contributed by atoms with van der Waals surface area (Å²) in [6.07, 6.45) is 3.24. The Labute approximate surface area is 264 Å². The lowest BCUT2D eigenvalue weighted by molar-refractivity contribution is 0.222. The highest BCUT2D eigenvalue weighted by molar-refractivity contribution is 5.62. The summed E-state index contributed by atoms with van der Waals surface area (Å²) in [6, 6.07) is 20.6. The number of hydrogen-bond donors (Lipinski definition) is 1. The Balaban J connectivity index is 1.42. The molecule has 0 amide bonds. The molecule has 0 aromatic heterocycles. The van der Waals surface area contributed by atoms with Gasteiger partial charge in [-0.05, 0) is 110 Å². The monoisotopic (exact) mass is 608 g/mol. The second-order valence-electron chi connectivity index (χ2n) is 12.3. The van der Waals surface area contributed by atoms with Crippen molar-refractivity contribution in [2.24, 2.45) is 0 Å². The first-order chi connectivity index (χ1) is 21.9. The summed E-state index contributed by atoms with van der Waals surface area (Å²) in [5, 5.41) is 11.4. The van der Waals surface area contributed by atoms with E-state index in [0.717, 1.165) is 49.0 Å². The number of phenols is 1. The molecule has 2 atom stereocenters. The molecule has 0 spiro atoms. The van der Waals surface area contributed by atoms with Gasteiger partial charge in [0.05, 0.1) is 21.3 Å². The molecule has 4 aromatic rings. The van der Waals surface area contributed by atoms with E-state index in [1.54, 1.807) is 21.3 Å². The number of methoxy groups -OCH3 is 3. The van der Waals surface area contributed by atoms with Gasteiger partial charge in [-0.15, -0.1) is 0 Å². The van der Waals surface area contributed by atoms with Crippen molar-refractivity contribution in [2.75, 3.05) is 48.5 Å². The van der Waals surface area contributed by atoms with Crippen LogP contribution in [0.4, 0.5) is 0 Å². The van der Waals surface area contributed by atoms with Gasteiger partial charge in [-0.1, -0.05) is 18.2 Å². The molecule has 0 saturated heterocycles. The minimum absolute atomic E-state index is 0.00993. The van der Waals surface area contributed by atoms with Crippen LogP contribution in [0.3, 0.4) is 0 Å². The highest BCUT2D eigenvalue weighted by atomic mass is 16.5. The normalized spacial score (nSPS) is 19.4. The van der Waals surface area contributed by atoms with Crippen LogP contribution < -0.4 is 23.7 Å². The molecule has 0 aliphatic carbocycles. The summed E-state index contributed by atoms with van der Waals surface area (Å²) in [5.74, 6) is 4.17. The molecule has 234 valence electrons. The Kier molecular flexibility index (Phi) is 7.71. The topological polar surface area (TPSA) is 72.9 Å². The first kappa shape index (κ1) is 29.3. The minimum Gasteiger partial charge on any atom is -0.502 e. The minimum atomic E-state index is -0.0606. The fourth-order valence-electron chi connectivity index (χ4n) is 7.10. The molecule has 0 radical (unpaired) electrons. The van der Waals surface area contributed by atoms with E-state index in [2.05, 4.69) is 60.3 Å². The summed E-state index contributed by atoms with van der Waals surface area (Å²) in [7, 11) is 9.22. The molecule has 8 rings (SSSR count). The average molecular weight is 609 g/mol. The van der Waals surface area contributed by atoms with E-state index in [-0.39, 0.29) is 17.8 Å². The Bertz CT molecular complexity index is 1740. The second kappa shape index (κ2) is 11.8. The first-order valence-corrected chi connectivity index (χ1v) is 15.5. The molecule has 4 heterocycles. The zero-order valence-electron chi connectivity index (χ0n) is 26.6. The zero-order chi connectivity index (χ0) is 31.2. The van der Waals surface area contributed by atoms with Crippen LogP contribution in [0, 0.1) is 0 Å². The fraction of sp³-hybridized carbons (Fsp3) is 0.351. The van der Waals surface area contributed by atoms with Crippen LogP contribution in [-0.4, -0.2) is 63.4 Å². The third-order valence-electron chi connectivity index (χ3n) is 9.66. The average Bonchev–Trinajstić information content (AvgIpc) is 3.05. The zero-order valence-corrected chi connectivity index (χ0v) is 26.6. The van der Waals surface area contributed by atoms with Crippen LogP contribution in [0.5, 0.6) is 46.0 Å². The van der Waals surface area contributed by atoms with Crippen LogP contribution in [0.2, 0.25) is 0 Å². The van der Waals surface area contributed by atoms with Crippen LogP contribution in [0.25, 0.3) is 0 Å². The summed E-state index contributed by atoms with van der Waals surface area (Å²) < 4.78 is 30.4. The van der Waals surface area contributed by atoms with E-state index in [4.69, 9.17) is 23.7 Å². The van der Waals surface area contributed by atoms with Gasteiger partial charge >= 0.3 is 0 Å². The van der Waals surface area contributed by atoms with Crippen molar-refractivity contribution in [2.45, 2.75) is 37.8 Å². The number of nitrogens with zero attached hydrogens (tertiary/aromatic N) is 2. The number of rotatable bonds is 3. The van der Waals surface area contributed by atoms with Crippen LogP contribution in [-0.2, 0) is 25.7 Å². The molecule has 0 fully saturated rings. The molecule has 1 unspecified atom stereocenters. The van der Waals surface area contributed by atoms with Gasteiger partial charge in [0.25, 0.3) is 0 Å². The van der Waals surface area contributed by atoms with E-state index in [1.807, 2.05) is 24.3 Å². The molecule has 4 aromatic carbocycles. The van der Waals surface area contributed by atoms with Crippen LogP contribution in [0.15, 0.2) is 60.7 Å². The first-order valence-electron chi connectivity index (χ1n) is 15.5. The summed E-state index contributed by atoms with van der Waals surface area (Å²) in [5.41, 5.74) is 6.84. The third kappa shape index (κ3) is 5.32. The lowest BCUT2D eigenvalue weighted by atomic mass is 9.87. The second-order valence-corrected chi connectivity index (χ2v) is 12.3. The number of benzene rings is 4. The molecule has 4 aliphatic rings. The van der Waals surface area contributed by atoms with E-state index >= 15 is 0 Å². The lowest BCUT2D eigenvalue weighted by Crippen LogP contribution is -2.34. The van der Waals surface area contributed by atoms with E-state index in [0.29, 0.717) is 46.7 Å². The number of likely N-dealkylation sites (N-methyl/N-ethyl adjacent to an activating group) is 2. The van der Waals surface area contributed by atoms with Crippen molar-refractivity contribution >= 4 is 0 Å². The van der Waals surface area contributed by atoms with E-state index < -0.39 is 0 Å². The summed E-state index contributed by atoms with van der Waals surface area (Å²) >= 11 is 0. The maximum atomic E-state index is 11.4. The predicted octanol–water partition coefficient (Wildman–Crippen LogP) is 6.86. The maximum absolute atomic E-state index is 11.4. The molecular formula is C37H40N2O6. The van der Waals surface area contributed by atoms with Gasteiger partial charge in [0, 0.05) is 30.7 Å². The summed E-state index contributed by atoms with van der Waals surface area (Å²) in [4.78, 5) is 4.72. The Morgan fingerprint density at radius 2 is 1.29 bits per heavy atom. The Morgan fingerprint density at radius 1 is 0.667 bits per heavy atom. The standard InChI is InChI=1S/C37H40N2O6/c1-38-14-12-24-19-31(42-4)33-21-27(24)28(38)16-22-6-9-26(10-7-22)44-37-35-25(20-34(43-5)36(37)40)13-15-39(2)29(35)17-23-8-11-30(41-3)32(18-23)45-33/h6-11,18-21,28-29,40H,12-17H2,1-5H3/t28?,29-/m1/s1. The van der Waals surface area contributed by atoms with E-state index in [1.165, 1.54) is 16.7 Å². The molecule has 8 heteroatoms. The van der Waals surface area contributed by atoms with Gasteiger partial charge in [0.1, 0.15) is 5.75 Å². The molecular weight excluding hydrogens is 568 g/mol. The number of fused-ring (bicyclic) bond motifs is 2. The van der Waals surface area contributed by atoms with Gasteiger partial charge in [0.2, 0.25) is 5.75 Å². The van der Waals surface area contributed by atoms with Crippen molar-refractivity contribution in [1.29, 1.82) is 0 Å². The molecule has 4 aliphatic heterocycles. The number of phenolic OH excluding ortho intramolecular Hbond substituents is 1. The molecule has 0 saturated carbocycles. The van der Waals surface area contributed by atoms with Crippen molar-refractivity contribution in [3.05, 3.63) is 94.0 Å². The highest BCUT2D eigenvalue weighted by Gasteiger charge is 2.33. The number of ether oxygens (including phenoxy) is 5. The van der Waals surface area contributed by atoms with Gasteiger partial charge in [-0.3, -0.25) is 9.80 Å². The predicted molar refractivity (Wildman–Crippen MR) is 173 cm³/mol. The number of aromatic hydroxyl groups is 1. The Morgan fingerprint density at radius 3 is 2.02 bits per heavy atom. The largest absolute Gasteiger partial charge is 0.502 e. The molecule has 6 bridgehead atoms.